The fourth-order valence-electron chi connectivity index (χ4n) is 1.18. The van der Waals surface area contributed by atoms with Crippen molar-refractivity contribution in [2.24, 2.45) is 0 Å². The van der Waals surface area contributed by atoms with E-state index >= 15 is 0 Å². The van der Waals surface area contributed by atoms with E-state index in [1.807, 2.05) is 13.0 Å². The molecule has 0 saturated heterocycles. The molecule has 0 spiro atoms. The molecule has 11 heavy (non-hydrogen) atoms. The van der Waals surface area contributed by atoms with Gasteiger partial charge < -0.3 is 0 Å². The second-order valence-electron chi connectivity index (χ2n) is 2.68. The first-order chi connectivity index (χ1) is 5.34. The van der Waals surface area contributed by atoms with Crippen LogP contribution in [0.3, 0.4) is 0 Å². The molecule has 0 aromatic carbocycles. The monoisotopic (exact) mass is 146 g/mol. The molecule has 0 radical (unpaired) electrons. The molecular weight excluding hydrogens is 132 g/mol. The van der Waals surface area contributed by atoms with E-state index < -0.39 is 0 Å². The molecule has 0 aromatic heterocycles. The predicted octanol–water partition coefficient (Wildman–Crippen LogP) is 3.40. The van der Waals surface area contributed by atoms with E-state index in [0.29, 0.717) is 0 Å². The molecule has 0 N–H and O–H groups in total. The Morgan fingerprint density at radius 3 is 3.00 bits per heavy atom. The molecule has 0 aromatic rings. The van der Waals surface area contributed by atoms with E-state index in [0.717, 1.165) is 18.4 Å². The lowest BCUT2D eigenvalue weighted by Crippen LogP contribution is -1.88. The lowest BCUT2D eigenvalue weighted by atomic mass is 9.98. The van der Waals surface area contributed by atoms with E-state index in [1.165, 1.54) is 5.57 Å². The van der Waals surface area contributed by atoms with Gasteiger partial charge in [0.1, 0.15) is 0 Å². The van der Waals surface area contributed by atoms with Crippen LogP contribution in [0.4, 0.5) is 0 Å². The maximum atomic E-state index is 3.98. The van der Waals surface area contributed by atoms with Crippen LogP contribution in [0.2, 0.25) is 0 Å². The van der Waals surface area contributed by atoms with Crippen LogP contribution in [0, 0.1) is 0 Å². The third-order valence-corrected chi connectivity index (χ3v) is 1.79. The molecule has 0 heterocycles. The first kappa shape index (κ1) is 8.06. The molecular formula is C11H14. The van der Waals surface area contributed by atoms with E-state index in [4.69, 9.17) is 0 Å². The van der Waals surface area contributed by atoms with E-state index in [-0.39, 0.29) is 0 Å². The number of allylic oxidation sites excluding steroid dienone is 7. The van der Waals surface area contributed by atoms with Crippen LogP contribution in [0.15, 0.2) is 48.1 Å². The van der Waals surface area contributed by atoms with Gasteiger partial charge in [0.2, 0.25) is 0 Å². The summed E-state index contributed by atoms with van der Waals surface area (Å²) < 4.78 is 0. The summed E-state index contributed by atoms with van der Waals surface area (Å²) in [6, 6.07) is 0. The summed E-state index contributed by atoms with van der Waals surface area (Å²) in [6.07, 6.45) is 12.8. The van der Waals surface area contributed by atoms with Gasteiger partial charge >= 0.3 is 0 Å². The van der Waals surface area contributed by atoms with Crippen LogP contribution >= 0.6 is 0 Å². The molecule has 0 saturated carbocycles. The van der Waals surface area contributed by atoms with Gasteiger partial charge in [-0.2, -0.15) is 0 Å². The SMILES string of the molecule is C=C(/C=C\C)C1=CC=CCC1. The summed E-state index contributed by atoms with van der Waals surface area (Å²) in [7, 11) is 0. The summed E-state index contributed by atoms with van der Waals surface area (Å²) >= 11 is 0. The Balaban J connectivity index is 2.66. The molecule has 1 aliphatic carbocycles. The van der Waals surface area contributed by atoms with Crippen molar-refractivity contribution in [2.45, 2.75) is 19.8 Å². The molecule has 0 atom stereocenters. The van der Waals surface area contributed by atoms with E-state index in [1.54, 1.807) is 0 Å². The summed E-state index contributed by atoms with van der Waals surface area (Å²) in [5.41, 5.74) is 2.52. The Hall–Kier alpha value is -1.04. The largest absolute Gasteiger partial charge is 0.0915 e. The van der Waals surface area contributed by atoms with E-state index in [9.17, 15) is 0 Å². The van der Waals surface area contributed by atoms with Crippen LogP contribution in [-0.4, -0.2) is 0 Å². The highest BCUT2D eigenvalue weighted by Gasteiger charge is 1.99. The molecule has 0 heteroatoms. The minimum Gasteiger partial charge on any atom is -0.0915 e. The van der Waals surface area contributed by atoms with Gasteiger partial charge in [0.05, 0.1) is 0 Å². The third kappa shape index (κ3) is 2.23. The molecule has 0 nitrogen and oxygen atoms in total. The summed E-state index contributed by atoms with van der Waals surface area (Å²) in [4.78, 5) is 0. The van der Waals surface area contributed by atoms with Crippen LogP contribution in [-0.2, 0) is 0 Å². The zero-order valence-electron chi connectivity index (χ0n) is 7.01. The minimum atomic E-state index is 1.14. The average molecular weight is 146 g/mol. The maximum absolute atomic E-state index is 3.98. The van der Waals surface area contributed by atoms with Crippen molar-refractivity contribution in [3.05, 3.63) is 48.1 Å². The molecule has 0 amide bonds. The molecule has 0 unspecified atom stereocenters. The molecule has 1 rings (SSSR count). The highest BCUT2D eigenvalue weighted by molar-refractivity contribution is 5.40. The van der Waals surface area contributed by atoms with Crippen molar-refractivity contribution in [3.63, 3.8) is 0 Å². The van der Waals surface area contributed by atoms with Gasteiger partial charge in [0, 0.05) is 0 Å². The standard InChI is InChI=1S/C11H14/c1-3-7-10(2)11-8-5-4-6-9-11/h3-5,7-8H,2,6,9H2,1H3/b7-3-. The summed E-state index contributed by atoms with van der Waals surface area (Å²) in [6.45, 7) is 6.00. The van der Waals surface area contributed by atoms with Gasteiger partial charge in [-0.15, -0.1) is 0 Å². The van der Waals surface area contributed by atoms with Crippen molar-refractivity contribution >= 4 is 0 Å². The Morgan fingerprint density at radius 1 is 1.64 bits per heavy atom. The van der Waals surface area contributed by atoms with Crippen molar-refractivity contribution in [1.29, 1.82) is 0 Å². The minimum absolute atomic E-state index is 1.14. The van der Waals surface area contributed by atoms with Crippen molar-refractivity contribution in [2.75, 3.05) is 0 Å². The van der Waals surface area contributed by atoms with E-state index in [2.05, 4.69) is 30.9 Å². The number of hydrogen-bond donors (Lipinski definition) is 0. The topological polar surface area (TPSA) is 0 Å². The summed E-state index contributed by atoms with van der Waals surface area (Å²) in [5.74, 6) is 0. The Bertz CT molecular complexity index is 226. The molecule has 1 aliphatic rings. The Kier molecular flexibility index (Phi) is 2.91. The van der Waals surface area contributed by atoms with Gasteiger partial charge in [0.25, 0.3) is 0 Å². The third-order valence-electron chi connectivity index (χ3n) is 1.79. The van der Waals surface area contributed by atoms with Gasteiger partial charge in [-0.1, -0.05) is 37.0 Å². The van der Waals surface area contributed by atoms with Gasteiger partial charge in [0.15, 0.2) is 0 Å². The van der Waals surface area contributed by atoms with Gasteiger partial charge in [-0.05, 0) is 30.9 Å². The number of rotatable bonds is 2. The first-order valence-corrected chi connectivity index (χ1v) is 4.02. The van der Waals surface area contributed by atoms with Crippen LogP contribution in [0.5, 0.6) is 0 Å². The van der Waals surface area contributed by atoms with Crippen LogP contribution < -0.4 is 0 Å². The fraction of sp³-hybridized carbons (Fsp3) is 0.273. The lowest BCUT2D eigenvalue weighted by molar-refractivity contribution is 0.979. The van der Waals surface area contributed by atoms with Gasteiger partial charge in [-0.25, -0.2) is 0 Å². The zero-order chi connectivity index (χ0) is 8.10. The van der Waals surface area contributed by atoms with Crippen molar-refractivity contribution in [1.82, 2.24) is 0 Å². The predicted molar refractivity (Wildman–Crippen MR) is 50.4 cm³/mol. The van der Waals surface area contributed by atoms with Crippen molar-refractivity contribution < 1.29 is 0 Å². The molecule has 58 valence electrons. The first-order valence-electron chi connectivity index (χ1n) is 4.02. The lowest BCUT2D eigenvalue weighted by Gasteiger charge is -2.07. The van der Waals surface area contributed by atoms with Crippen LogP contribution in [0.1, 0.15) is 19.8 Å². The highest BCUT2D eigenvalue weighted by Crippen LogP contribution is 2.19. The fourth-order valence-corrected chi connectivity index (χ4v) is 1.18. The molecule has 0 bridgehead atoms. The Labute approximate surface area is 68.6 Å². The highest BCUT2D eigenvalue weighted by atomic mass is 14.0. The zero-order valence-corrected chi connectivity index (χ0v) is 7.01. The molecule has 0 aliphatic heterocycles. The normalized spacial score (nSPS) is 17.0. The Morgan fingerprint density at radius 2 is 2.45 bits per heavy atom. The maximum Gasteiger partial charge on any atom is -0.0238 e. The second-order valence-corrected chi connectivity index (χ2v) is 2.68. The number of hydrogen-bond acceptors (Lipinski definition) is 0. The van der Waals surface area contributed by atoms with Crippen molar-refractivity contribution in [3.8, 4) is 0 Å². The average Bonchev–Trinajstić information content (AvgIpc) is 2.07. The second kappa shape index (κ2) is 3.97. The molecule has 0 fully saturated rings. The quantitative estimate of drug-likeness (QED) is 0.524. The summed E-state index contributed by atoms with van der Waals surface area (Å²) in [5, 5.41) is 0. The smallest absolute Gasteiger partial charge is 0.0238 e. The van der Waals surface area contributed by atoms with Gasteiger partial charge in [-0.3, -0.25) is 0 Å². The van der Waals surface area contributed by atoms with Crippen LogP contribution in [0.25, 0.3) is 0 Å².